The molecule has 0 spiro atoms. The number of hydrogen-bond donors (Lipinski definition) is 2. The average molecular weight is 435 g/mol. The Balaban J connectivity index is 1.27. The Labute approximate surface area is 185 Å². The van der Waals surface area contributed by atoms with Crippen LogP contribution in [0, 0.1) is 12.8 Å². The van der Waals surface area contributed by atoms with Gasteiger partial charge in [0.15, 0.2) is 5.82 Å². The van der Waals surface area contributed by atoms with Gasteiger partial charge in [-0.1, -0.05) is 0 Å². The molecule has 2 aliphatic heterocycles. The third kappa shape index (κ3) is 3.93. The lowest BCUT2D eigenvalue weighted by atomic mass is 9.94. The Morgan fingerprint density at radius 1 is 1.19 bits per heavy atom. The molecule has 0 radical (unpaired) electrons. The molecule has 1 aliphatic carbocycles. The largest absolute Gasteiger partial charge is 0.488 e. The smallest absolute Gasteiger partial charge is 0.228 e. The zero-order chi connectivity index (χ0) is 21.7. The third-order valence-corrected chi connectivity index (χ3v) is 6.33. The van der Waals surface area contributed by atoms with Crippen molar-refractivity contribution in [2.24, 2.45) is 5.92 Å². The van der Waals surface area contributed by atoms with Crippen LogP contribution in [0.4, 0.5) is 5.82 Å². The summed E-state index contributed by atoms with van der Waals surface area (Å²) in [7, 11) is 0. The molecule has 166 valence electrons. The van der Waals surface area contributed by atoms with Gasteiger partial charge in [-0.3, -0.25) is 9.78 Å². The van der Waals surface area contributed by atoms with Crippen molar-refractivity contribution in [3.05, 3.63) is 36.4 Å². The zero-order valence-electron chi connectivity index (χ0n) is 18.0. The molecule has 1 saturated carbocycles. The number of piperidine rings is 1. The van der Waals surface area contributed by atoms with Crippen molar-refractivity contribution in [2.45, 2.75) is 50.8 Å². The van der Waals surface area contributed by atoms with E-state index in [1.165, 1.54) is 0 Å². The van der Waals surface area contributed by atoms with Gasteiger partial charge in [0, 0.05) is 48.2 Å². The number of nitrogens with one attached hydrogen (secondary N) is 2. The van der Waals surface area contributed by atoms with E-state index in [1.807, 2.05) is 25.1 Å². The molecule has 32 heavy (non-hydrogen) atoms. The summed E-state index contributed by atoms with van der Waals surface area (Å²) in [5.74, 6) is 1.46. The lowest BCUT2D eigenvalue weighted by Crippen LogP contribution is -2.56. The first-order valence-corrected chi connectivity index (χ1v) is 11.2. The second kappa shape index (κ2) is 7.83. The highest BCUT2D eigenvalue weighted by atomic mass is 16.5. The molecule has 3 fully saturated rings. The number of hydrogen-bond acceptors (Lipinski definition) is 7. The van der Waals surface area contributed by atoms with Crippen molar-refractivity contribution in [2.75, 3.05) is 18.5 Å². The molecule has 3 aliphatic rings. The van der Waals surface area contributed by atoms with Gasteiger partial charge in [0.25, 0.3) is 0 Å². The second-order valence-electron chi connectivity index (χ2n) is 9.07. The summed E-state index contributed by atoms with van der Waals surface area (Å²) in [6, 6.07) is 6.51. The summed E-state index contributed by atoms with van der Waals surface area (Å²) in [5, 5.41) is 10.9. The molecule has 3 aromatic rings. The van der Waals surface area contributed by atoms with Gasteiger partial charge in [-0.15, -0.1) is 5.10 Å². The molecule has 1 unspecified atom stereocenters. The highest BCUT2D eigenvalue weighted by Gasteiger charge is 2.33. The van der Waals surface area contributed by atoms with Gasteiger partial charge in [0.2, 0.25) is 5.91 Å². The van der Waals surface area contributed by atoms with Crippen molar-refractivity contribution in [1.29, 1.82) is 0 Å². The fraction of sp³-hybridized carbons (Fsp3) is 0.478. The first kappa shape index (κ1) is 19.6. The number of pyridine rings is 1. The molecule has 3 aromatic heterocycles. The van der Waals surface area contributed by atoms with Crippen LogP contribution >= 0.6 is 0 Å². The number of anilines is 1. The number of morpholine rings is 1. The number of fused-ring (bicyclic) bond motifs is 3. The molecule has 2 N–H and O–H groups in total. The molecule has 9 heteroatoms. The van der Waals surface area contributed by atoms with Gasteiger partial charge in [0.1, 0.15) is 18.2 Å². The number of aryl methyl sites for hydroxylation is 1. The van der Waals surface area contributed by atoms with E-state index in [0.29, 0.717) is 17.9 Å². The van der Waals surface area contributed by atoms with Crippen LogP contribution in [-0.4, -0.2) is 56.9 Å². The van der Waals surface area contributed by atoms with Crippen molar-refractivity contribution in [3.8, 4) is 17.0 Å². The van der Waals surface area contributed by atoms with E-state index in [-0.39, 0.29) is 17.9 Å². The minimum Gasteiger partial charge on any atom is -0.488 e. The summed E-state index contributed by atoms with van der Waals surface area (Å²) in [6.07, 6.45) is 7.31. The molecule has 1 amide bonds. The summed E-state index contributed by atoms with van der Waals surface area (Å²) >= 11 is 0. The Morgan fingerprint density at radius 2 is 2.00 bits per heavy atom. The highest BCUT2D eigenvalue weighted by Crippen LogP contribution is 2.33. The Kier molecular flexibility index (Phi) is 4.80. The maximum absolute atomic E-state index is 12.1. The maximum atomic E-state index is 12.1. The number of aromatic nitrogens is 4. The van der Waals surface area contributed by atoms with Crippen molar-refractivity contribution in [1.82, 2.24) is 24.9 Å². The van der Waals surface area contributed by atoms with Gasteiger partial charge in [-0.2, -0.15) is 0 Å². The van der Waals surface area contributed by atoms with E-state index in [0.717, 1.165) is 67.1 Å². The van der Waals surface area contributed by atoms with E-state index < -0.39 is 0 Å². The van der Waals surface area contributed by atoms with Crippen LogP contribution in [0.1, 0.15) is 31.4 Å². The molecule has 6 rings (SSSR count). The number of carbonyl (C=O) groups is 1. The van der Waals surface area contributed by atoms with Crippen molar-refractivity contribution < 1.29 is 14.3 Å². The van der Waals surface area contributed by atoms with E-state index in [1.54, 1.807) is 17.0 Å². The molecule has 2 saturated heterocycles. The Hall–Kier alpha value is -3.04. The zero-order valence-corrected chi connectivity index (χ0v) is 18.0. The molecule has 5 heterocycles. The lowest BCUT2D eigenvalue weighted by molar-refractivity contribution is -0.117. The normalized spacial score (nSPS) is 25.0. The Bertz CT molecular complexity index is 1160. The van der Waals surface area contributed by atoms with Crippen LogP contribution < -0.4 is 15.4 Å². The topological polar surface area (TPSA) is 103 Å². The van der Waals surface area contributed by atoms with Crippen LogP contribution in [0.25, 0.3) is 16.8 Å². The van der Waals surface area contributed by atoms with E-state index in [2.05, 4.69) is 25.7 Å². The van der Waals surface area contributed by atoms with Gasteiger partial charge in [0.05, 0.1) is 30.6 Å². The molecule has 9 nitrogen and oxygen atoms in total. The monoisotopic (exact) mass is 434 g/mol. The molecular weight excluding hydrogens is 408 g/mol. The quantitative estimate of drug-likeness (QED) is 0.635. The van der Waals surface area contributed by atoms with Gasteiger partial charge < -0.3 is 20.1 Å². The standard InChI is InChI=1S/C23H26N6O3/c1-13-4-19(21(9-24-13)32-18-5-15-10-31-11-16(6-18)26-15)20-7-17-8-22(28-29(17)12-25-20)27-23(30)14-2-3-14/h4,7-9,12,14-16,18,26H,2-3,5-6,10-11H2,1H3,(H,27,28,30)/t15-,16+,18?. The van der Waals surface area contributed by atoms with Gasteiger partial charge in [-0.05, 0) is 31.9 Å². The number of amides is 1. The molecule has 3 atom stereocenters. The predicted molar refractivity (Wildman–Crippen MR) is 117 cm³/mol. The van der Waals surface area contributed by atoms with Crippen LogP contribution in [0.15, 0.2) is 30.7 Å². The Morgan fingerprint density at radius 3 is 2.78 bits per heavy atom. The van der Waals surface area contributed by atoms with Crippen LogP contribution in [-0.2, 0) is 9.53 Å². The van der Waals surface area contributed by atoms with E-state index in [4.69, 9.17) is 9.47 Å². The first-order valence-electron chi connectivity index (χ1n) is 11.2. The van der Waals surface area contributed by atoms with Crippen LogP contribution in [0.3, 0.4) is 0 Å². The number of nitrogens with zero attached hydrogens (tertiary/aromatic N) is 4. The van der Waals surface area contributed by atoms with Crippen LogP contribution in [0.2, 0.25) is 0 Å². The van der Waals surface area contributed by atoms with E-state index >= 15 is 0 Å². The lowest BCUT2D eigenvalue weighted by Gasteiger charge is -2.40. The number of rotatable bonds is 5. The van der Waals surface area contributed by atoms with Crippen molar-refractivity contribution in [3.63, 3.8) is 0 Å². The third-order valence-electron chi connectivity index (χ3n) is 6.33. The second-order valence-corrected chi connectivity index (χ2v) is 9.07. The van der Waals surface area contributed by atoms with Gasteiger partial charge in [-0.25, -0.2) is 9.50 Å². The number of ether oxygens (including phenoxy) is 2. The maximum Gasteiger partial charge on any atom is 0.228 e. The summed E-state index contributed by atoms with van der Waals surface area (Å²) in [6.45, 7) is 3.42. The molecule has 2 bridgehead atoms. The summed E-state index contributed by atoms with van der Waals surface area (Å²) in [4.78, 5) is 21.2. The fourth-order valence-electron chi connectivity index (χ4n) is 4.59. The summed E-state index contributed by atoms with van der Waals surface area (Å²) < 4.78 is 13.8. The first-order chi connectivity index (χ1) is 15.6. The summed E-state index contributed by atoms with van der Waals surface area (Å²) in [5.41, 5.74) is 3.45. The average Bonchev–Trinajstić information content (AvgIpc) is 3.55. The SMILES string of the molecule is Cc1cc(-c2cc3cc(NC(=O)C4CC4)nn3cn2)c(OC2C[C@H]3COC[C@@H](C2)N3)cn1. The van der Waals surface area contributed by atoms with Crippen LogP contribution in [0.5, 0.6) is 5.75 Å². The highest BCUT2D eigenvalue weighted by molar-refractivity contribution is 5.93. The van der Waals surface area contributed by atoms with Gasteiger partial charge >= 0.3 is 0 Å². The molecule has 0 aromatic carbocycles. The molecular formula is C23H26N6O3. The van der Waals surface area contributed by atoms with Crippen molar-refractivity contribution >= 4 is 17.2 Å². The predicted octanol–water partition coefficient (Wildman–Crippen LogP) is 2.35. The minimum absolute atomic E-state index is 0.0409. The fourth-order valence-corrected chi connectivity index (χ4v) is 4.59. The van der Waals surface area contributed by atoms with E-state index in [9.17, 15) is 4.79 Å². The number of carbonyl (C=O) groups excluding carboxylic acids is 1. The minimum atomic E-state index is 0.0409.